The zero-order valence-electron chi connectivity index (χ0n) is 11.5. The molecule has 1 aliphatic rings. The van der Waals surface area contributed by atoms with Crippen molar-refractivity contribution in [3.8, 4) is 6.07 Å². The molecule has 0 spiro atoms. The number of hydrogen-bond donors (Lipinski definition) is 0. The summed E-state index contributed by atoms with van der Waals surface area (Å²) in [4.78, 5) is 8.75. The van der Waals surface area contributed by atoms with Gasteiger partial charge in [-0.15, -0.1) is 0 Å². The van der Waals surface area contributed by atoms with Gasteiger partial charge >= 0.3 is 0 Å². The van der Waals surface area contributed by atoms with Gasteiger partial charge < -0.3 is 9.80 Å². The SMILES string of the molecule is N#Cc1ccc(N2CCN(c3cccc(Cl)c3)CC2)cn1. The first-order valence-electron chi connectivity index (χ1n) is 6.88. The lowest BCUT2D eigenvalue weighted by Gasteiger charge is -2.37. The predicted octanol–water partition coefficient (Wildman–Crippen LogP) is 2.93. The highest BCUT2D eigenvalue weighted by atomic mass is 35.5. The van der Waals surface area contributed by atoms with Crippen molar-refractivity contribution in [2.45, 2.75) is 0 Å². The zero-order chi connectivity index (χ0) is 14.7. The summed E-state index contributed by atoms with van der Waals surface area (Å²) in [7, 11) is 0. The van der Waals surface area contributed by atoms with Gasteiger partial charge in [0.05, 0.1) is 11.9 Å². The van der Waals surface area contributed by atoms with Crippen LogP contribution in [0.1, 0.15) is 5.69 Å². The molecule has 4 nitrogen and oxygen atoms in total. The Bertz CT molecular complexity index is 655. The largest absolute Gasteiger partial charge is 0.368 e. The number of pyridine rings is 1. The van der Waals surface area contributed by atoms with E-state index in [0.29, 0.717) is 5.69 Å². The Hall–Kier alpha value is -2.25. The Morgan fingerprint density at radius 2 is 1.71 bits per heavy atom. The zero-order valence-corrected chi connectivity index (χ0v) is 12.3. The van der Waals surface area contributed by atoms with Crippen molar-refractivity contribution in [2.24, 2.45) is 0 Å². The van der Waals surface area contributed by atoms with Gasteiger partial charge in [-0.05, 0) is 30.3 Å². The molecule has 1 aromatic carbocycles. The van der Waals surface area contributed by atoms with Crippen LogP contribution in [-0.4, -0.2) is 31.2 Å². The van der Waals surface area contributed by atoms with E-state index in [4.69, 9.17) is 16.9 Å². The van der Waals surface area contributed by atoms with Gasteiger partial charge in [-0.3, -0.25) is 0 Å². The second kappa shape index (κ2) is 6.02. The topological polar surface area (TPSA) is 43.2 Å². The fourth-order valence-electron chi connectivity index (χ4n) is 2.53. The summed E-state index contributed by atoms with van der Waals surface area (Å²) in [6.07, 6.45) is 1.77. The van der Waals surface area contributed by atoms with E-state index in [1.54, 1.807) is 12.3 Å². The maximum absolute atomic E-state index is 8.78. The summed E-state index contributed by atoms with van der Waals surface area (Å²) in [6, 6.07) is 13.7. The lowest BCUT2D eigenvalue weighted by Crippen LogP contribution is -2.46. The fourth-order valence-corrected chi connectivity index (χ4v) is 2.72. The van der Waals surface area contributed by atoms with Crippen LogP contribution in [0.4, 0.5) is 11.4 Å². The Balaban J connectivity index is 1.66. The lowest BCUT2D eigenvalue weighted by atomic mass is 10.2. The third-order valence-corrected chi connectivity index (χ3v) is 3.92. The molecule has 1 fully saturated rings. The lowest BCUT2D eigenvalue weighted by molar-refractivity contribution is 0.653. The highest BCUT2D eigenvalue weighted by molar-refractivity contribution is 6.30. The first kappa shape index (κ1) is 13.7. The minimum atomic E-state index is 0.455. The molecule has 0 bridgehead atoms. The number of rotatable bonds is 2. The van der Waals surface area contributed by atoms with Crippen molar-refractivity contribution in [1.82, 2.24) is 4.98 Å². The second-order valence-corrected chi connectivity index (χ2v) is 5.40. The molecule has 106 valence electrons. The molecule has 21 heavy (non-hydrogen) atoms. The van der Waals surface area contributed by atoms with E-state index in [1.165, 1.54) is 5.69 Å². The maximum Gasteiger partial charge on any atom is 0.140 e. The van der Waals surface area contributed by atoms with Crippen LogP contribution in [0.25, 0.3) is 0 Å². The van der Waals surface area contributed by atoms with Crippen LogP contribution >= 0.6 is 11.6 Å². The van der Waals surface area contributed by atoms with Crippen molar-refractivity contribution in [3.05, 3.63) is 53.3 Å². The molecule has 0 atom stereocenters. The Morgan fingerprint density at radius 3 is 2.29 bits per heavy atom. The highest BCUT2D eigenvalue weighted by Crippen LogP contribution is 2.22. The van der Waals surface area contributed by atoms with Gasteiger partial charge in [0.15, 0.2) is 0 Å². The van der Waals surface area contributed by atoms with Crippen molar-refractivity contribution in [3.63, 3.8) is 0 Å². The summed E-state index contributed by atoms with van der Waals surface area (Å²) in [5.41, 5.74) is 2.69. The van der Waals surface area contributed by atoms with E-state index in [0.717, 1.165) is 36.9 Å². The molecule has 0 N–H and O–H groups in total. The third-order valence-electron chi connectivity index (χ3n) is 3.68. The van der Waals surface area contributed by atoms with Gasteiger partial charge in [-0.1, -0.05) is 17.7 Å². The van der Waals surface area contributed by atoms with Crippen LogP contribution in [0.15, 0.2) is 42.6 Å². The highest BCUT2D eigenvalue weighted by Gasteiger charge is 2.17. The normalized spacial score (nSPS) is 14.9. The molecule has 3 rings (SSSR count). The van der Waals surface area contributed by atoms with Crippen molar-refractivity contribution in [2.75, 3.05) is 36.0 Å². The second-order valence-electron chi connectivity index (χ2n) is 4.97. The summed E-state index contributed by atoms with van der Waals surface area (Å²) in [5, 5.41) is 9.55. The molecule has 1 aromatic heterocycles. The van der Waals surface area contributed by atoms with Crippen molar-refractivity contribution >= 4 is 23.0 Å². The fraction of sp³-hybridized carbons (Fsp3) is 0.250. The minimum absolute atomic E-state index is 0.455. The number of hydrogen-bond acceptors (Lipinski definition) is 4. The van der Waals surface area contributed by atoms with Crippen molar-refractivity contribution < 1.29 is 0 Å². The van der Waals surface area contributed by atoms with E-state index in [-0.39, 0.29) is 0 Å². The van der Waals surface area contributed by atoms with Crippen LogP contribution < -0.4 is 9.80 Å². The molecular weight excluding hydrogens is 284 g/mol. The standard InChI is InChI=1S/C16H15ClN4/c17-13-2-1-3-15(10-13)20-6-8-21(9-7-20)16-5-4-14(11-18)19-12-16/h1-5,10,12H,6-9H2. The van der Waals surface area contributed by atoms with Crippen LogP contribution in [0.3, 0.4) is 0 Å². The molecule has 0 radical (unpaired) electrons. The first-order chi connectivity index (χ1) is 10.3. The number of aromatic nitrogens is 1. The average molecular weight is 299 g/mol. The Morgan fingerprint density at radius 1 is 1.00 bits per heavy atom. The van der Waals surface area contributed by atoms with Crippen LogP contribution in [0.5, 0.6) is 0 Å². The van der Waals surface area contributed by atoms with Gasteiger partial charge in [0.1, 0.15) is 11.8 Å². The van der Waals surface area contributed by atoms with E-state index >= 15 is 0 Å². The summed E-state index contributed by atoms with van der Waals surface area (Å²) in [5.74, 6) is 0. The molecular formula is C16H15ClN4. The predicted molar refractivity (Wildman–Crippen MR) is 84.8 cm³/mol. The van der Waals surface area contributed by atoms with Gasteiger partial charge in [0, 0.05) is 36.9 Å². The number of nitrogens with zero attached hydrogens (tertiary/aromatic N) is 4. The smallest absolute Gasteiger partial charge is 0.140 e. The molecule has 1 saturated heterocycles. The maximum atomic E-state index is 8.78. The summed E-state index contributed by atoms with van der Waals surface area (Å²) in [6.45, 7) is 3.75. The molecule has 2 aromatic rings. The van der Waals surface area contributed by atoms with Gasteiger partial charge in [-0.25, -0.2) is 4.98 Å². The molecule has 0 aliphatic carbocycles. The van der Waals surface area contributed by atoms with Gasteiger partial charge in [-0.2, -0.15) is 5.26 Å². The number of nitriles is 1. The van der Waals surface area contributed by atoms with Gasteiger partial charge in [0.25, 0.3) is 0 Å². The van der Waals surface area contributed by atoms with Crippen LogP contribution in [0.2, 0.25) is 5.02 Å². The number of benzene rings is 1. The Kier molecular flexibility index (Phi) is 3.94. The molecule has 5 heteroatoms. The number of piperazine rings is 1. The molecule has 0 unspecified atom stereocenters. The third kappa shape index (κ3) is 3.09. The summed E-state index contributed by atoms with van der Waals surface area (Å²) >= 11 is 6.05. The monoisotopic (exact) mass is 298 g/mol. The molecule has 0 amide bonds. The minimum Gasteiger partial charge on any atom is -0.368 e. The molecule has 0 saturated carbocycles. The van der Waals surface area contributed by atoms with Gasteiger partial charge in [0.2, 0.25) is 0 Å². The molecule has 2 heterocycles. The van der Waals surface area contributed by atoms with Crippen LogP contribution in [0, 0.1) is 11.3 Å². The summed E-state index contributed by atoms with van der Waals surface area (Å²) < 4.78 is 0. The Labute approximate surface area is 129 Å². The molecule has 1 aliphatic heterocycles. The van der Waals surface area contributed by atoms with E-state index in [2.05, 4.69) is 20.9 Å². The number of anilines is 2. The van der Waals surface area contributed by atoms with E-state index in [9.17, 15) is 0 Å². The quantitative estimate of drug-likeness (QED) is 0.855. The van der Waals surface area contributed by atoms with E-state index < -0.39 is 0 Å². The number of halogens is 1. The van der Waals surface area contributed by atoms with Crippen molar-refractivity contribution in [1.29, 1.82) is 5.26 Å². The van der Waals surface area contributed by atoms with Crippen LogP contribution in [-0.2, 0) is 0 Å². The first-order valence-corrected chi connectivity index (χ1v) is 7.26. The van der Waals surface area contributed by atoms with E-state index in [1.807, 2.05) is 30.3 Å². The average Bonchev–Trinajstić information content (AvgIpc) is 2.55.